The molecule has 5 rings (SSSR count). The number of benzene rings is 1. The Balaban J connectivity index is 1.58. The third kappa shape index (κ3) is 4.32. The standard InChI is InChI=1S/C24H29FN6O2/c1-29-8-10-30(11-9-29)18-2-3-19(21(12-18)31-6-4-17(25)5-7-31)20-13-22(16-14-27-28-15-16)33-23(20)24(26)32/h2-3,12-15,17H,4-11H2,1H3,(H2,26,32)(H,27,28). The Morgan fingerprint density at radius 3 is 2.52 bits per heavy atom. The van der Waals surface area contributed by atoms with Gasteiger partial charge >= 0.3 is 0 Å². The summed E-state index contributed by atoms with van der Waals surface area (Å²) < 4.78 is 19.8. The Morgan fingerprint density at radius 1 is 1.09 bits per heavy atom. The molecule has 8 nitrogen and oxygen atoms in total. The molecule has 1 aromatic carbocycles. The van der Waals surface area contributed by atoms with Crippen molar-refractivity contribution in [3.63, 3.8) is 0 Å². The molecule has 0 atom stereocenters. The van der Waals surface area contributed by atoms with Crippen LogP contribution in [0.1, 0.15) is 23.4 Å². The zero-order valence-corrected chi connectivity index (χ0v) is 18.8. The van der Waals surface area contributed by atoms with Crippen LogP contribution in [0.3, 0.4) is 0 Å². The number of anilines is 2. The SMILES string of the molecule is CN1CCN(c2ccc(-c3cc(-c4cn[nH]c4)oc3C(N)=O)c(N3CCC(F)CC3)c2)CC1. The number of H-pyrrole nitrogens is 1. The first-order chi connectivity index (χ1) is 16.0. The van der Waals surface area contributed by atoms with Crippen molar-refractivity contribution in [2.24, 2.45) is 5.73 Å². The molecule has 0 spiro atoms. The highest BCUT2D eigenvalue weighted by atomic mass is 19.1. The van der Waals surface area contributed by atoms with Crippen molar-refractivity contribution in [2.75, 3.05) is 56.1 Å². The average molecular weight is 453 g/mol. The minimum absolute atomic E-state index is 0.111. The second-order valence-electron chi connectivity index (χ2n) is 8.86. The van der Waals surface area contributed by atoms with Crippen LogP contribution in [0, 0.1) is 0 Å². The first-order valence-electron chi connectivity index (χ1n) is 11.4. The third-order valence-corrected chi connectivity index (χ3v) is 6.64. The predicted molar refractivity (Wildman–Crippen MR) is 126 cm³/mol. The lowest BCUT2D eigenvalue weighted by molar-refractivity contribution is 0.0975. The quantitative estimate of drug-likeness (QED) is 0.618. The summed E-state index contributed by atoms with van der Waals surface area (Å²) >= 11 is 0. The number of halogens is 1. The molecule has 2 aliphatic heterocycles. The zero-order valence-electron chi connectivity index (χ0n) is 18.8. The molecular weight excluding hydrogens is 423 g/mol. The number of furan rings is 1. The maximum atomic E-state index is 13.9. The second-order valence-corrected chi connectivity index (χ2v) is 8.86. The van der Waals surface area contributed by atoms with Crippen LogP contribution in [0.4, 0.5) is 15.8 Å². The molecule has 2 saturated heterocycles. The monoisotopic (exact) mass is 452 g/mol. The number of rotatable bonds is 5. The maximum absolute atomic E-state index is 13.9. The van der Waals surface area contributed by atoms with Crippen LogP contribution in [0.5, 0.6) is 0 Å². The molecule has 2 aliphatic rings. The number of aromatic amines is 1. The van der Waals surface area contributed by atoms with Gasteiger partial charge in [0, 0.05) is 68.0 Å². The highest BCUT2D eigenvalue weighted by Gasteiger charge is 2.26. The fourth-order valence-electron chi connectivity index (χ4n) is 4.66. The molecule has 174 valence electrons. The largest absolute Gasteiger partial charge is 0.450 e. The van der Waals surface area contributed by atoms with Crippen molar-refractivity contribution in [1.82, 2.24) is 15.1 Å². The van der Waals surface area contributed by atoms with Gasteiger partial charge in [0.15, 0.2) is 5.76 Å². The summed E-state index contributed by atoms with van der Waals surface area (Å²) in [6.45, 7) is 5.16. The molecule has 0 saturated carbocycles. The highest BCUT2D eigenvalue weighted by molar-refractivity contribution is 6.00. The van der Waals surface area contributed by atoms with Gasteiger partial charge in [0.1, 0.15) is 11.9 Å². The number of hydrogen-bond donors (Lipinski definition) is 2. The Hall–Kier alpha value is -3.33. The van der Waals surface area contributed by atoms with Gasteiger partial charge in [0.05, 0.1) is 11.8 Å². The molecule has 4 heterocycles. The van der Waals surface area contributed by atoms with Gasteiger partial charge in [-0.3, -0.25) is 9.89 Å². The molecule has 33 heavy (non-hydrogen) atoms. The molecular formula is C24H29FN6O2. The van der Waals surface area contributed by atoms with Gasteiger partial charge in [-0.15, -0.1) is 0 Å². The Bertz CT molecular complexity index is 1110. The fraction of sp³-hybridized carbons (Fsp3) is 0.417. The van der Waals surface area contributed by atoms with Crippen molar-refractivity contribution in [3.05, 3.63) is 42.4 Å². The van der Waals surface area contributed by atoms with Crippen molar-refractivity contribution < 1.29 is 13.6 Å². The van der Waals surface area contributed by atoms with Gasteiger partial charge in [-0.25, -0.2) is 4.39 Å². The lowest BCUT2D eigenvalue weighted by Gasteiger charge is -2.36. The smallest absolute Gasteiger partial charge is 0.285 e. The molecule has 2 aromatic heterocycles. The summed E-state index contributed by atoms with van der Waals surface area (Å²) in [4.78, 5) is 19.2. The highest BCUT2D eigenvalue weighted by Crippen LogP contribution is 2.40. The topological polar surface area (TPSA) is 94.6 Å². The Labute approximate surface area is 192 Å². The van der Waals surface area contributed by atoms with Crippen LogP contribution in [0.15, 0.2) is 41.1 Å². The summed E-state index contributed by atoms with van der Waals surface area (Å²) in [5.41, 5.74) is 10.0. The van der Waals surface area contributed by atoms with Crippen molar-refractivity contribution in [3.8, 4) is 22.5 Å². The summed E-state index contributed by atoms with van der Waals surface area (Å²) in [5.74, 6) is 0.000547. The van der Waals surface area contributed by atoms with Crippen LogP contribution in [-0.2, 0) is 0 Å². The molecule has 0 bridgehead atoms. The number of piperazine rings is 1. The number of nitrogens with zero attached hydrogens (tertiary/aromatic N) is 4. The number of nitrogens with one attached hydrogen (secondary N) is 1. The van der Waals surface area contributed by atoms with E-state index in [2.05, 4.69) is 44.1 Å². The maximum Gasteiger partial charge on any atom is 0.285 e. The molecule has 0 unspecified atom stereocenters. The molecule has 0 radical (unpaired) electrons. The number of piperidine rings is 1. The van der Waals surface area contributed by atoms with Gasteiger partial charge in [0.25, 0.3) is 5.91 Å². The third-order valence-electron chi connectivity index (χ3n) is 6.64. The number of likely N-dealkylation sites (N-methyl/N-ethyl adjacent to an activating group) is 1. The predicted octanol–water partition coefficient (Wildman–Crippen LogP) is 3.13. The average Bonchev–Trinajstić information content (AvgIpc) is 3.50. The molecule has 2 fully saturated rings. The minimum Gasteiger partial charge on any atom is -0.450 e. The summed E-state index contributed by atoms with van der Waals surface area (Å²) in [7, 11) is 2.13. The van der Waals surface area contributed by atoms with Gasteiger partial charge < -0.3 is 24.9 Å². The van der Waals surface area contributed by atoms with E-state index in [0.717, 1.165) is 48.7 Å². The first-order valence-corrected chi connectivity index (χ1v) is 11.4. The van der Waals surface area contributed by atoms with Crippen LogP contribution in [0.25, 0.3) is 22.5 Å². The molecule has 3 aromatic rings. The van der Waals surface area contributed by atoms with E-state index >= 15 is 0 Å². The number of hydrogen-bond acceptors (Lipinski definition) is 6. The zero-order chi connectivity index (χ0) is 22.9. The molecule has 1 amide bonds. The van der Waals surface area contributed by atoms with Gasteiger partial charge in [0.2, 0.25) is 0 Å². The number of primary amides is 1. The van der Waals surface area contributed by atoms with E-state index in [0.29, 0.717) is 37.3 Å². The number of carbonyl (C=O) groups is 1. The summed E-state index contributed by atoms with van der Waals surface area (Å²) in [5, 5.41) is 6.73. The van der Waals surface area contributed by atoms with Crippen molar-refractivity contribution in [1.29, 1.82) is 0 Å². The summed E-state index contributed by atoms with van der Waals surface area (Å²) in [6, 6.07) is 8.11. The molecule has 3 N–H and O–H groups in total. The van der Waals surface area contributed by atoms with E-state index in [1.807, 2.05) is 12.1 Å². The first kappa shape index (κ1) is 21.5. The Kier molecular flexibility index (Phi) is 5.80. The number of carbonyl (C=O) groups excluding carboxylic acids is 1. The van der Waals surface area contributed by atoms with Crippen molar-refractivity contribution >= 4 is 17.3 Å². The van der Waals surface area contributed by atoms with E-state index in [1.165, 1.54) is 0 Å². The normalized spacial score (nSPS) is 18.1. The number of amides is 1. The number of nitrogens with two attached hydrogens (primary N) is 1. The van der Waals surface area contributed by atoms with Crippen LogP contribution in [-0.4, -0.2) is 73.5 Å². The van der Waals surface area contributed by atoms with Gasteiger partial charge in [-0.1, -0.05) is 6.07 Å². The number of alkyl halides is 1. The lowest BCUT2D eigenvalue weighted by Crippen LogP contribution is -2.44. The van der Waals surface area contributed by atoms with Crippen molar-refractivity contribution in [2.45, 2.75) is 19.0 Å². The van der Waals surface area contributed by atoms with Gasteiger partial charge in [-0.05, 0) is 38.1 Å². The van der Waals surface area contributed by atoms with E-state index < -0.39 is 12.1 Å². The fourth-order valence-corrected chi connectivity index (χ4v) is 4.66. The number of aromatic nitrogens is 2. The van der Waals surface area contributed by atoms with Crippen LogP contribution >= 0.6 is 0 Å². The second kappa shape index (κ2) is 8.90. The van der Waals surface area contributed by atoms with Crippen LogP contribution < -0.4 is 15.5 Å². The molecule has 0 aliphatic carbocycles. The van der Waals surface area contributed by atoms with E-state index in [-0.39, 0.29) is 5.76 Å². The van der Waals surface area contributed by atoms with Gasteiger partial charge in [-0.2, -0.15) is 5.10 Å². The minimum atomic E-state index is -0.770. The van der Waals surface area contributed by atoms with E-state index in [9.17, 15) is 9.18 Å². The van der Waals surface area contributed by atoms with E-state index in [1.54, 1.807) is 12.4 Å². The molecule has 9 heteroatoms. The van der Waals surface area contributed by atoms with Crippen LogP contribution in [0.2, 0.25) is 0 Å². The lowest BCUT2D eigenvalue weighted by atomic mass is 9.99. The Morgan fingerprint density at radius 2 is 1.85 bits per heavy atom. The van der Waals surface area contributed by atoms with E-state index in [4.69, 9.17) is 10.2 Å². The summed E-state index contributed by atoms with van der Waals surface area (Å²) in [6.07, 6.45) is 3.56.